The first-order valence-electron chi connectivity index (χ1n) is 21.3. The number of carbonyl (C=O) groups excluding carboxylic acids is 1. The van der Waals surface area contributed by atoms with Crippen molar-refractivity contribution in [3.63, 3.8) is 0 Å². The molecule has 1 heterocycles. The number of aliphatic hydroxyl groups excluding tert-OH is 3. The van der Waals surface area contributed by atoms with Crippen molar-refractivity contribution in [2.24, 2.45) is 22.9 Å². The van der Waals surface area contributed by atoms with Gasteiger partial charge in [-0.3, -0.25) is 15.0 Å². The minimum atomic E-state index is -1.54. The molecule has 0 spiro atoms. The molecular weight excluding hydrogens is 787 g/mol. The molecule has 2 aromatic rings. The van der Waals surface area contributed by atoms with Crippen LogP contribution in [0.4, 0.5) is 10.5 Å². The van der Waals surface area contributed by atoms with Gasteiger partial charge in [-0.25, -0.2) is 4.79 Å². The average Bonchev–Trinajstić information content (AvgIpc) is 3.23. The Balaban J connectivity index is 1.78. The summed E-state index contributed by atoms with van der Waals surface area (Å²) in [4.78, 5) is 33.3. The number of nitrogens with zero attached hydrogens (tertiary/aromatic N) is 3. The molecule has 1 fully saturated rings. The number of carbonyl (C=O) groups is 1. The number of allylic oxidation sites excluding steroid dienone is 1. The largest absolute Gasteiger partial charge is 0.459 e. The third-order valence-corrected chi connectivity index (χ3v) is 11.2. The van der Waals surface area contributed by atoms with Gasteiger partial charge < -0.3 is 43.8 Å². The topological polar surface area (TPSA) is 192 Å². The number of rotatable bonds is 24. The zero-order valence-corrected chi connectivity index (χ0v) is 35.7. The van der Waals surface area contributed by atoms with Crippen molar-refractivity contribution in [1.29, 1.82) is 0 Å². The molecule has 3 N–H and O–H groups in total. The SMILES string of the molecule is C=CCCOC(=O)N(CCOCCO)C1CC(=NOC(C)(C)C)C2=CC(CCCCO)C(CCCCO)C3c4cc(Oc5cccc([N+](=O)[O-])c5)ccc4OC1(OCC=C)C23. The lowest BCUT2D eigenvalue weighted by Gasteiger charge is -2.59. The van der Waals surface area contributed by atoms with Crippen molar-refractivity contribution in [3.8, 4) is 17.2 Å². The molecule has 1 aliphatic heterocycles. The van der Waals surface area contributed by atoms with Crippen LogP contribution in [0, 0.1) is 27.9 Å². The van der Waals surface area contributed by atoms with Gasteiger partial charge in [0.15, 0.2) is 0 Å². The molecule has 61 heavy (non-hydrogen) atoms. The zero-order chi connectivity index (χ0) is 44.0. The quantitative estimate of drug-likeness (QED) is 0.0402. The molecule has 6 atom stereocenters. The van der Waals surface area contributed by atoms with Crippen molar-refractivity contribution in [2.45, 2.75) is 95.5 Å². The summed E-state index contributed by atoms with van der Waals surface area (Å²) >= 11 is 0. The standard InChI is InChI=1S/C46H63N3O12/c1-6-8-25-57-44(53)48(20-26-56-27-23-52)41-31-39(47-61-45(3,4)5)37-28-32(14-9-11-21-50)36(17-10-12-22-51)42-38-30-35(59-34-16-13-15-33(29-34)49(54)55)18-19-40(38)60-46(41,43(37)42)58-24-7-2/h6-7,13,15-16,18-19,28-30,32,36,41-43,50-52H,1-2,8-12,14,17,20-27,31H2,3-5H3. The molecule has 1 amide bonds. The van der Waals surface area contributed by atoms with Gasteiger partial charge in [0, 0.05) is 43.7 Å². The van der Waals surface area contributed by atoms with Gasteiger partial charge in [0.2, 0.25) is 5.79 Å². The van der Waals surface area contributed by atoms with Gasteiger partial charge in [0.05, 0.1) is 55.7 Å². The Kier molecular flexibility index (Phi) is 17.3. The fourth-order valence-corrected chi connectivity index (χ4v) is 8.72. The number of oxime groups is 1. The van der Waals surface area contributed by atoms with E-state index in [1.54, 1.807) is 41.3 Å². The smallest absolute Gasteiger partial charge is 0.410 e. The van der Waals surface area contributed by atoms with Crippen molar-refractivity contribution >= 4 is 17.5 Å². The zero-order valence-electron chi connectivity index (χ0n) is 35.7. The molecule has 0 bridgehead atoms. The molecule has 15 heteroatoms. The third kappa shape index (κ3) is 11.8. The van der Waals surface area contributed by atoms with Gasteiger partial charge in [-0.05, 0) is 94.5 Å². The Hall–Kier alpha value is -4.80. The maximum Gasteiger partial charge on any atom is 0.410 e. The highest BCUT2D eigenvalue weighted by Crippen LogP contribution is 2.62. The van der Waals surface area contributed by atoms with Crippen LogP contribution >= 0.6 is 0 Å². The van der Waals surface area contributed by atoms with Crippen molar-refractivity contribution in [2.75, 3.05) is 52.8 Å². The van der Waals surface area contributed by atoms with Gasteiger partial charge >= 0.3 is 6.09 Å². The van der Waals surface area contributed by atoms with Crippen LogP contribution in [0.3, 0.4) is 0 Å². The molecule has 2 aliphatic carbocycles. The molecule has 1 saturated carbocycles. The van der Waals surface area contributed by atoms with E-state index in [9.17, 15) is 30.2 Å². The molecule has 6 unspecified atom stereocenters. The van der Waals surface area contributed by atoms with Crippen LogP contribution in [0.25, 0.3) is 0 Å². The molecule has 5 rings (SSSR count). The first kappa shape index (κ1) is 47.3. The van der Waals surface area contributed by atoms with E-state index < -0.39 is 34.4 Å². The van der Waals surface area contributed by atoms with Crippen molar-refractivity contribution < 1.29 is 53.6 Å². The van der Waals surface area contributed by atoms with E-state index in [1.807, 2.05) is 26.8 Å². The molecule has 0 aromatic heterocycles. The summed E-state index contributed by atoms with van der Waals surface area (Å²) in [6.07, 6.45) is 9.74. The van der Waals surface area contributed by atoms with Gasteiger partial charge in [0.1, 0.15) is 28.9 Å². The van der Waals surface area contributed by atoms with E-state index in [-0.39, 0.29) is 82.7 Å². The minimum Gasteiger partial charge on any atom is -0.459 e. The van der Waals surface area contributed by atoms with Crippen LogP contribution in [-0.2, 0) is 19.0 Å². The lowest BCUT2D eigenvalue weighted by Crippen LogP contribution is -2.70. The molecule has 15 nitrogen and oxygen atoms in total. The number of nitro groups is 1. The number of unbranched alkanes of at least 4 members (excludes halogenated alkanes) is 2. The number of benzene rings is 2. The average molecular weight is 850 g/mol. The Bertz CT molecular complexity index is 1860. The van der Waals surface area contributed by atoms with Crippen LogP contribution < -0.4 is 9.47 Å². The van der Waals surface area contributed by atoms with Crippen molar-refractivity contribution in [1.82, 2.24) is 4.90 Å². The summed E-state index contributed by atoms with van der Waals surface area (Å²) in [7, 11) is 0. The molecular formula is C46H63N3O12. The van der Waals surface area contributed by atoms with Crippen LogP contribution in [0.2, 0.25) is 0 Å². The van der Waals surface area contributed by atoms with Gasteiger partial charge in [-0.2, -0.15) is 0 Å². The van der Waals surface area contributed by atoms with Gasteiger partial charge in [0.25, 0.3) is 5.69 Å². The monoisotopic (exact) mass is 849 g/mol. The summed E-state index contributed by atoms with van der Waals surface area (Å²) in [6.45, 7) is 13.8. The first-order valence-corrected chi connectivity index (χ1v) is 21.3. The van der Waals surface area contributed by atoms with Crippen LogP contribution in [0.5, 0.6) is 17.2 Å². The number of nitro benzene ring substituents is 1. The van der Waals surface area contributed by atoms with E-state index in [2.05, 4.69) is 19.2 Å². The number of ether oxygens (including phenoxy) is 5. The van der Waals surface area contributed by atoms with Crippen molar-refractivity contribution in [3.05, 3.63) is 95.1 Å². The number of hydrogen-bond acceptors (Lipinski definition) is 13. The van der Waals surface area contributed by atoms with Crippen LogP contribution in [0.15, 0.2) is 84.6 Å². The summed E-state index contributed by atoms with van der Waals surface area (Å²) in [5.74, 6) is -1.29. The summed E-state index contributed by atoms with van der Waals surface area (Å²) in [6, 6.07) is 10.6. The second-order valence-corrected chi connectivity index (χ2v) is 16.6. The van der Waals surface area contributed by atoms with E-state index in [0.717, 1.165) is 36.8 Å². The second kappa shape index (κ2) is 22.3. The molecule has 3 aliphatic rings. The molecule has 2 aromatic carbocycles. The fraction of sp³-hybridized carbons (Fsp3) is 0.565. The van der Waals surface area contributed by atoms with Gasteiger partial charge in [-0.1, -0.05) is 42.3 Å². The van der Waals surface area contributed by atoms with Crippen LogP contribution in [-0.4, -0.2) is 107 Å². The Labute approximate surface area is 358 Å². The highest BCUT2D eigenvalue weighted by atomic mass is 16.7. The first-order chi connectivity index (χ1) is 29.4. The third-order valence-electron chi connectivity index (χ3n) is 11.2. The van der Waals surface area contributed by atoms with Crippen LogP contribution in [0.1, 0.15) is 83.6 Å². The highest BCUT2D eigenvalue weighted by Gasteiger charge is 2.65. The second-order valence-electron chi connectivity index (χ2n) is 16.6. The Morgan fingerprint density at radius 1 is 1.00 bits per heavy atom. The molecule has 334 valence electrons. The summed E-state index contributed by atoms with van der Waals surface area (Å²) in [5, 5.41) is 45.8. The van der Waals surface area contributed by atoms with E-state index >= 15 is 0 Å². The van der Waals surface area contributed by atoms with E-state index in [0.29, 0.717) is 42.2 Å². The lowest BCUT2D eigenvalue weighted by molar-refractivity contribution is -0.384. The number of amides is 1. The Morgan fingerprint density at radius 3 is 2.44 bits per heavy atom. The normalized spacial score (nSPS) is 23.5. The predicted octanol–water partition coefficient (Wildman–Crippen LogP) is 7.84. The maximum absolute atomic E-state index is 14.4. The summed E-state index contributed by atoms with van der Waals surface area (Å²) < 4.78 is 32.1. The number of non-ortho nitro benzene ring substituents is 1. The Morgan fingerprint density at radius 2 is 1.75 bits per heavy atom. The van der Waals surface area contributed by atoms with Gasteiger partial charge in [-0.15, -0.1) is 13.2 Å². The fourth-order valence-electron chi connectivity index (χ4n) is 8.72. The summed E-state index contributed by atoms with van der Waals surface area (Å²) in [5.41, 5.74) is 1.53. The highest BCUT2D eigenvalue weighted by molar-refractivity contribution is 6.03. The van der Waals surface area contributed by atoms with E-state index in [1.165, 1.54) is 12.1 Å². The van der Waals surface area contributed by atoms with E-state index in [4.69, 9.17) is 33.7 Å². The lowest BCUT2D eigenvalue weighted by atomic mass is 9.55. The number of aliphatic hydroxyl groups is 3. The predicted molar refractivity (Wildman–Crippen MR) is 230 cm³/mol. The number of hydrogen-bond donors (Lipinski definition) is 3. The molecule has 0 saturated heterocycles. The minimum absolute atomic E-state index is 0.00543. The maximum atomic E-state index is 14.4. The molecule has 0 radical (unpaired) electrons. The number of fused-ring (bicyclic) bond motifs is 2.